The van der Waals surface area contributed by atoms with Crippen molar-refractivity contribution in [3.63, 3.8) is 0 Å². The Morgan fingerprint density at radius 1 is 1.18 bits per heavy atom. The number of carbonyl (C=O) groups excluding carboxylic acids is 1. The van der Waals surface area contributed by atoms with E-state index in [-0.39, 0.29) is 36.9 Å². The number of ether oxygens (including phenoxy) is 1. The Morgan fingerprint density at radius 2 is 1.95 bits per heavy atom. The number of carbonyl (C=O) groups is 1. The van der Waals surface area contributed by atoms with Crippen LogP contribution in [-0.2, 0) is 32.7 Å². The first-order valence-electron chi connectivity index (χ1n) is 12.6. The summed E-state index contributed by atoms with van der Waals surface area (Å²) in [6.07, 6.45) is 7.50. The molecule has 0 saturated carbocycles. The number of aliphatic hydroxyl groups is 1. The van der Waals surface area contributed by atoms with Gasteiger partial charge in [0.1, 0.15) is 6.61 Å². The fraction of sp³-hybridized carbons (Fsp3) is 0.333. The minimum atomic E-state index is -3.99. The number of pyridine rings is 1. The van der Waals surface area contributed by atoms with Gasteiger partial charge < -0.3 is 15.2 Å². The van der Waals surface area contributed by atoms with Crippen molar-refractivity contribution in [1.82, 2.24) is 25.1 Å². The van der Waals surface area contributed by atoms with Crippen molar-refractivity contribution in [1.29, 1.82) is 0 Å². The number of fused-ring (bicyclic) bond motifs is 1. The molecule has 0 spiro atoms. The van der Waals surface area contributed by atoms with Gasteiger partial charge in [0.05, 0.1) is 28.9 Å². The van der Waals surface area contributed by atoms with Gasteiger partial charge in [0.2, 0.25) is 10.0 Å². The Bertz CT molecular complexity index is 1310. The lowest BCUT2D eigenvalue weighted by Gasteiger charge is -2.31. The lowest BCUT2D eigenvalue weighted by molar-refractivity contribution is -0.112. The van der Waals surface area contributed by atoms with Crippen molar-refractivity contribution in [2.24, 2.45) is 5.92 Å². The number of hydroxylamine groups is 3. The minimum Gasteiger partial charge on any atom is -0.445 e. The van der Waals surface area contributed by atoms with Crippen LogP contribution in [0.1, 0.15) is 25.0 Å². The number of hydrogen-bond acceptors (Lipinski definition) is 9. The Labute approximate surface area is 228 Å². The SMILES string of the molecule is CC(C)CN(C[C@H](O)C(Cc1ccccc1)NC(=O)OCc1cccnc1)S(=O)(=O)C1=CC2=CNON2C=C1. The van der Waals surface area contributed by atoms with Gasteiger partial charge in [0, 0.05) is 37.2 Å². The first kappa shape index (κ1) is 28.3. The molecule has 208 valence electrons. The molecule has 11 nitrogen and oxygen atoms in total. The number of allylic oxidation sites excluding steroid dienone is 2. The lowest BCUT2D eigenvalue weighted by Crippen LogP contribution is -2.51. The standard InChI is InChI=1S/C27H33N5O6S/c1-20(2)17-31(39(35,36)24-10-12-32-23(14-24)16-29-38-32)18-26(33)25(13-21-7-4-3-5-8-21)30-27(34)37-19-22-9-6-11-28-15-22/h3-12,14-16,20,25-26,29,33H,13,17-19H2,1-2H3,(H,30,34)/t25?,26-/m0/s1. The third kappa shape index (κ3) is 7.67. The predicted octanol–water partition coefficient (Wildman–Crippen LogP) is 2.57. The fourth-order valence-electron chi connectivity index (χ4n) is 4.12. The van der Waals surface area contributed by atoms with E-state index in [1.807, 2.05) is 44.2 Å². The minimum absolute atomic E-state index is 0.00755. The average molecular weight is 556 g/mol. The molecule has 0 aliphatic carbocycles. The van der Waals surface area contributed by atoms with Gasteiger partial charge >= 0.3 is 6.09 Å². The summed E-state index contributed by atoms with van der Waals surface area (Å²) in [6.45, 7) is 3.74. The molecule has 0 bridgehead atoms. The molecule has 1 amide bonds. The Balaban J connectivity index is 1.51. The lowest BCUT2D eigenvalue weighted by atomic mass is 10.0. The van der Waals surface area contributed by atoms with Crippen LogP contribution in [0.3, 0.4) is 0 Å². The van der Waals surface area contributed by atoms with E-state index >= 15 is 0 Å². The number of amides is 1. The zero-order valence-electron chi connectivity index (χ0n) is 21.8. The van der Waals surface area contributed by atoms with Crippen molar-refractivity contribution >= 4 is 16.1 Å². The van der Waals surface area contributed by atoms with Gasteiger partial charge in [-0.05, 0) is 36.1 Å². The molecule has 1 aromatic heterocycles. The molecule has 1 aromatic carbocycles. The Morgan fingerprint density at radius 3 is 2.67 bits per heavy atom. The Kier molecular flexibility index (Phi) is 9.36. The van der Waals surface area contributed by atoms with E-state index in [9.17, 15) is 18.3 Å². The molecule has 2 aromatic rings. The number of alkyl carbamates (subject to hydrolysis) is 1. The summed E-state index contributed by atoms with van der Waals surface area (Å²) < 4.78 is 33.9. The molecule has 2 aliphatic rings. The van der Waals surface area contributed by atoms with Gasteiger partial charge in [-0.15, -0.1) is 0 Å². The first-order chi connectivity index (χ1) is 18.7. The number of nitrogens with zero attached hydrogens (tertiary/aromatic N) is 3. The van der Waals surface area contributed by atoms with Gasteiger partial charge in [0.15, 0.2) is 0 Å². The topological polar surface area (TPSA) is 133 Å². The van der Waals surface area contributed by atoms with Crippen molar-refractivity contribution < 1.29 is 28.0 Å². The summed E-state index contributed by atoms with van der Waals surface area (Å²) in [5, 5.41) is 15.5. The highest BCUT2D eigenvalue weighted by Crippen LogP contribution is 2.26. The highest BCUT2D eigenvalue weighted by molar-refractivity contribution is 7.93. The van der Waals surface area contributed by atoms with Gasteiger partial charge in [-0.2, -0.15) is 9.24 Å². The van der Waals surface area contributed by atoms with Crippen LogP contribution >= 0.6 is 0 Å². The number of benzene rings is 1. The van der Waals surface area contributed by atoms with Crippen LogP contribution < -0.4 is 10.8 Å². The van der Waals surface area contributed by atoms with E-state index in [2.05, 4.69) is 15.8 Å². The maximum atomic E-state index is 13.7. The van der Waals surface area contributed by atoms with Crippen molar-refractivity contribution in [2.75, 3.05) is 13.1 Å². The molecule has 4 rings (SSSR count). The number of aromatic nitrogens is 1. The molecule has 0 saturated heterocycles. The van der Waals surface area contributed by atoms with Crippen LogP contribution in [-0.4, -0.2) is 59.2 Å². The molecule has 2 aliphatic heterocycles. The Hall–Kier alpha value is -3.71. The van der Waals surface area contributed by atoms with E-state index in [4.69, 9.17) is 9.68 Å². The molecule has 0 radical (unpaired) electrons. The number of aliphatic hydroxyl groups excluding tert-OH is 1. The van der Waals surface area contributed by atoms with E-state index < -0.39 is 28.3 Å². The summed E-state index contributed by atoms with van der Waals surface area (Å²) in [4.78, 5) is 21.9. The van der Waals surface area contributed by atoms with Crippen LogP contribution in [0.4, 0.5) is 4.79 Å². The summed E-state index contributed by atoms with van der Waals surface area (Å²) >= 11 is 0. The quantitative estimate of drug-likeness (QED) is 0.361. The van der Waals surface area contributed by atoms with E-state index in [1.165, 1.54) is 33.9 Å². The van der Waals surface area contributed by atoms with E-state index in [0.717, 1.165) is 5.56 Å². The zero-order chi connectivity index (χ0) is 27.8. The van der Waals surface area contributed by atoms with Gasteiger partial charge in [0.25, 0.3) is 0 Å². The second kappa shape index (κ2) is 12.9. The fourth-order valence-corrected chi connectivity index (χ4v) is 5.76. The van der Waals surface area contributed by atoms with Gasteiger partial charge in [-0.25, -0.2) is 23.8 Å². The van der Waals surface area contributed by atoms with Gasteiger partial charge in [-0.1, -0.05) is 50.2 Å². The molecular weight excluding hydrogens is 522 g/mol. The van der Waals surface area contributed by atoms with Crippen LogP contribution in [0.25, 0.3) is 0 Å². The largest absolute Gasteiger partial charge is 0.445 e. The third-order valence-corrected chi connectivity index (χ3v) is 7.86. The normalized spacial score (nSPS) is 16.3. The van der Waals surface area contributed by atoms with Crippen LogP contribution in [0.2, 0.25) is 0 Å². The van der Waals surface area contributed by atoms with Crippen molar-refractivity contribution in [2.45, 2.75) is 39.0 Å². The number of rotatable bonds is 12. The summed E-state index contributed by atoms with van der Waals surface area (Å²) in [5.41, 5.74) is 4.68. The number of sulfonamides is 1. The van der Waals surface area contributed by atoms with Crippen LogP contribution in [0.5, 0.6) is 0 Å². The second-order valence-corrected chi connectivity index (χ2v) is 11.6. The highest BCUT2D eigenvalue weighted by Gasteiger charge is 2.33. The molecule has 0 fully saturated rings. The van der Waals surface area contributed by atoms with Crippen molar-refractivity contribution in [3.8, 4) is 0 Å². The maximum absolute atomic E-state index is 13.7. The number of hydrogen-bond donors (Lipinski definition) is 3. The first-order valence-corrected chi connectivity index (χ1v) is 14.0. The summed E-state index contributed by atoms with van der Waals surface area (Å²) in [5.74, 6) is -0.0164. The van der Waals surface area contributed by atoms with E-state index in [0.29, 0.717) is 11.3 Å². The highest BCUT2D eigenvalue weighted by atomic mass is 32.2. The van der Waals surface area contributed by atoms with E-state index in [1.54, 1.807) is 24.5 Å². The van der Waals surface area contributed by atoms with Crippen molar-refractivity contribution in [3.05, 3.63) is 101 Å². The van der Waals surface area contributed by atoms with Gasteiger partial charge in [-0.3, -0.25) is 4.98 Å². The second-order valence-electron chi connectivity index (χ2n) is 9.63. The smallest absolute Gasteiger partial charge is 0.407 e. The molecule has 3 N–H and O–H groups in total. The monoisotopic (exact) mass is 555 g/mol. The maximum Gasteiger partial charge on any atom is 0.407 e. The molecule has 2 atom stereocenters. The molecule has 3 heterocycles. The predicted molar refractivity (Wildman–Crippen MR) is 144 cm³/mol. The summed E-state index contributed by atoms with van der Waals surface area (Å²) in [6, 6.07) is 12.0. The van der Waals surface area contributed by atoms with Crippen LogP contribution in [0, 0.1) is 5.92 Å². The molecule has 1 unspecified atom stereocenters. The number of nitrogens with one attached hydrogen (secondary N) is 2. The molecule has 39 heavy (non-hydrogen) atoms. The third-order valence-electron chi connectivity index (χ3n) is 6.03. The molecule has 12 heteroatoms. The zero-order valence-corrected chi connectivity index (χ0v) is 22.6. The van der Waals surface area contributed by atoms with Crippen LogP contribution in [0.15, 0.2) is 90.0 Å². The molecular formula is C27H33N5O6S. The average Bonchev–Trinajstić information content (AvgIpc) is 3.40. The summed E-state index contributed by atoms with van der Waals surface area (Å²) in [7, 11) is -3.99.